The number of likely N-dealkylation sites (tertiary alicyclic amines) is 1. The van der Waals surface area contributed by atoms with Crippen LogP contribution in [-0.2, 0) is 4.79 Å². The van der Waals surface area contributed by atoms with E-state index in [0.717, 1.165) is 19.6 Å². The van der Waals surface area contributed by atoms with Gasteiger partial charge in [0.2, 0.25) is 0 Å². The number of hydrogen-bond acceptors (Lipinski definition) is 4. The van der Waals surface area contributed by atoms with Crippen LogP contribution in [0.4, 0.5) is 0 Å². The molecule has 0 radical (unpaired) electrons. The second-order valence-corrected chi connectivity index (χ2v) is 6.54. The molecule has 1 fully saturated rings. The van der Waals surface area contributed by atoms with Crippen LogP contribution in [0.15, 0.2) is 0 Å². The Morgan fingerprint density at radius 2 is 1.95 bits per heavy atom. The van der Waals surface area contributed by atoms with Crippen molar-refractivity contribution in [3.63, 3.8) is 0 Å². The van der Waals surface area contributed by atoms with E-state index < -0.39 is 11.5 Å². The highest BCUT2D eigenvalue weighted by Gasteiger charge is 2.33. The van der Waals surface area contributed by atoms with Crippen LogP contribution in [0.5, 0.6) is 0 Å². The van der Waals surface area contributed by atoms with Crippen molar-refractivity contribution in [2.45, 2.75) is 51.6 Å². The molecular formula is C15H31N3O2. The van der Waals surface area contributed by atoms with Crippen LogP contribution >= 0.6 is 0 Å². The average Bonchev–Trinajstić information content (AvgIpc) is 2.86. The predicted octanol–water partition coefficient (Wildman–Crippen LogP) is 1.25. The number of aliphatic carboxylic acids is 1. The van der Waals surface area contributed by atoms with E-state index in [0.29, 0.717) is 6.42 Å². The van der Waals surface area contributed by atoms with Crippen LogP contribution in [0.1, 0.15) is 40.0 Å². The van der Waals surface area contributed by atoms with Gasteiger partial charge in [0.1, 0.15) is 5.54 Å². The molecular weight excluding hydrogens is 254 g/mol. The molecule has 1 heterocycles. The lowest BCUT2D eigenvalue weighted by Crippen LogP contribution is -2.53. The summed E-state index contributed by atoms with van der Waals surface area (Å²) >= 11 is 0. The molecule has 1 saturated heterocycles. The molecule has 5 nitrogen and oxygen atoms in total. The number of carboxylic acid groups (broad SMARTS) is 1. The summed E-state index contributed by atoms with van der Waals surface area (Å²) in [5, 5.41) is 12.6. The zero-order chi connectivity index (χ0) is 15.2. The normalized spacial score (nSPS) is 19.7. The van der Waals surface area contributed by atoms with E-state index in [9.17, 15) is 9.90 Å². The number of carboxylic acids is 1. The Hall–Kier alpha value is -0.650. The maximum atomic E-state index is 11.4. The third kappa shape index (κ3) is 5.77. The van der Waals surface area contributed by atoms with Crippen molar-refractivity contribution < 1.29 is 9.90 Å². The standard InChI is InChI=1S/C15H31N3O2/c1-13(2)16-15(3,14(19)20)7-10-17(4)11-12-18-8-5-6-9-18/h13,16H,5-12H2,1-4H3,(H,19,20). The lowest BCUT2D eigenvalue weighted by molar-refractivity contribution is -0.144. The van der Waals surface area contributed by atoms with Crippen molar-refractivity contribution in [2.24, 2.45) is 0 Å². The van der Waals surface area contributed by atoms with Gasteiger partial charge in [0.15, 0.2) is 0 Å². The van der Waals surface area contributed by atoms with Gasteiger partial charge in [-0.2, -0.15) is 0 Å². The summed E-state index contributed by atoms with van der Waals surface area (Å²) in [6, 6.07) is 0.172. The SMILES string of the molecule is CC(C)NC(C)(CCN(C)CCN1CCCC1)C(=O)O. The van der Waals surface area contributed by atoms with Crippen molar-refractivity contribution in [2.75, 3.05) is 39.8 Å². The summed E-state index contributed by atoms with van der Waals surface area (Å²) in [7, 11) is 2.08. The van der Waals surface area contributed by atoms with Gasteiger partial charge >= 0.3 is 5.97 Å². The van der Waals surface area contributed by atoms with Gasteiger partial charge < -0.3 is 14.9 Å². The minimum absolute atomic E-state index is 0.172. The van der Waals surface area contributed by atoms with Crippen LogP contribution in [0.2, 0.25) is 0 Å². The van der Waals surface area contributed by atoms with Gasteiger partial charge in [-0.1, -0.05) is 0 Å². The molecule has 0 spiro atoms. The number of nitrogens with one attached hydrogen (secondary N) is 1. The molecule has 0 aliphatic carbocycles. The minimum Gasteiger partial charge on any atom is -0.480 e. The van der Waals surface area contributed by atoms with E-state index in [-0.39, 0.29) is 6.04 Å². The van der Waals surface area contributed by atoms with Gasteiger partial charge in [0.25, 0.3) is 0 Å². The van der Waals surface area contributed by atoms with E-state index in [1.807, 2.05) is 13.8 Å². The predicted molar refractivity (Wildman–Crippen MR) is 82.1 cm³/mol. The van der Waals surface area contributed by atoms with Gasteiger partial charge in [-0.25, -0.2) is 0 Å². The Morgan fingerprint density at radius 3 is 2.45 bits per heavy atom. The van der Waals surface area contributed by atoms with E-state index in [4.69, 9.17) is 0 Å². The monoisotopic (exact) mass is 285 g/mol. The smallest absolute Gasteiger partial charge is 0.323 e. The third-order valence-corrected chi connectivity index (χ3v) is 4.07. The Labute approximate surface area is 123 Å². The molecule has 0 aromatic carbocycles. The maximum absolute atomic E-state index is 11.4. The molecule has 0 amide bonds. The number of hydrogen-bond donors (Lipinski definition) is 2. The van der Waals surface area contributed by atoms with Crippen molar-refractivity contribution in [1.29, 1.82) is 0 Å². The van der Waals surface area contributed by atoms with Gasteiger partial charge in [0, 0.05) is 25.7 Å². The Bertz CT molecular complexity index is 303. The summed E-state index contributed by atoms with van der Waals surface area (Å²) in [6.45, 7) is 11.1. The summed E-state index contributed by atoms with van der Waals surface area (Å²) in [5.41, 5.74) is -0.837. The zero-order valence-electron chi connectivity index (χ0n) is 13.5. The van der Waals surface area contributed by atoms with Crippen LogP contribution < -0.4 is 5.32 Å². The summed E-state index contributed by atoms with van der Waals surface area (Å²) < 4.78 is 0. The number of carbonyl (C=O) groups is 1. The average molecular weight is 285 g/mol. The molecule has 1 aliphatic heterocycles. The second-order valence-electron chi connectivity index (χ2n) is 6.54. The van der Waals surface area contributed by atoms with Crippen LogP contribution in [0.25, 0.3) is 0 Å². The number of nitrogens with zero attached hydrogens (tertiary/aromatic N) is 2. The number of likely N-dealkylation sites (N-methyl/N-ethyl adjacent to an activating group) is 1. The van der Waals surface area contributed by atoms with Gasteiger partial charge in [-0.15, -0.1) is 0 Å². The first-order valence-electron chi connectivity index (χ1n) is 7.75. The topological polar surface area (TPSA) is 55.8 Å². The molecule has 2 N–H and O–H groups in total. The molecule has 0 bridgehead atoms. The lowest BCUT2D eigenvalue weighted by Gasteiger charge is -2.31. The van der Waals surface area contributed by atoms with Crippen molar-refractivity contribution in [1.82, 2.24) is 15.1 Å². The zero-order valence-corrected chi connectivity index (χ0v) is 13.5. The Morgan fingerprint density at radius 1 is 1.35 bits per heavy atom. The van der Waals surface area contributed by atoms with Crippen molar-refractivity contribution >= 4 is 5.97 Å². The van der Waals surface area contributed by atoms with Crippen LogP contribution in [-0.4, -0.2) is 72.2 Å². The van der Waals surface area contributed by atoms with Crippen LogP contribution in [0, 0.1) is 0 Å². The van der Waals surface area contributed by atoms with Crippen molar-refractivity contribution in [3.8, 4) is 0 Å². The minimum atomic E-state index is -0.837. The van der Waals surface area contributed by atoms with Gasteiger partial charge in [-0.05, 0) is 60.2 Å². The molecule has 118 valence electrons. The molecule has 0 aromatic heterocycles. The molecule has 1 aliphatic rings. The number of rotatable bonds is 9. The molecule has 1 atom stereocenters. The molecule has 5 heteroatoms. The second kappa shape index (κ2) is 7.96. The fourth-order valence-electron chi connectivity index (χ4n) is 2.72. The quantitative estimate of drug-likeness (QED) is 0.668. The third-order valence-electron chi connectivity index (χ3n) is 4.07. The Kier molecular flexibility index (Phi) is 6.92. The van der Waals surface area contributed by atoms with E-state index in [1.54, 1.807) is 6.92 Å². The summed E-state index contributed by atoms with van der Waals surface area (Å²) in [4.78, 5) is 16.2. The van der Waals surface area contributed by atoms with Crippen LogP contribution in [0.3, 0.4) is 0 Å². The molecule has 20 heavy (non-hydrogen) atoms. The highest BCUT2D eigenvalue weighted by atomic mass is 16.4. The van der Waals surface area contributed by atoms with Gasteiger partial charge in [-0.3, -0.25) is 10.1 Å². The first-order chi connectivity index (χ1) is 9.33. The molecule has 1 unspecified atom stereocenters. The lowest BCUT2D eigenvalue weighted by atomic mass is 9.96. The summed E-state index contributed by atoms with van der Waals surface area (Å²) in [5.74, 6) is -0.765. The first kappa shape index (κ1) is 17.4. The largest absolute Gasteiger partial charge is 0.480 e. The molecule has 1 rings (SSSR count). The van der Waals surface area contributed by atoms with E-state index >= 15 is 0 Å². The maximum Gasteiger partial charge on any atom is 0.323 e. The van der Waals surface area contributed by atoms with Gasteiger partial charge in [0.05, 0.1) is 0 Å². The fraction of sp³-hybridized carbons (Fsp3) is 0.933. The summed E-state index contributed by atoms with van der Waals surface area (Å²) in [6.07, 6.45) is 3.26. The van der Waals surface area contributed by atoms with E-state index in [2.05, 4.69) is 22.2 Å². The van der Waals surface area contributed by atoms with Crippen molar-refractivity contribution in [3.05, 3.63) is 0 Å². The highest BCUT2D eigenvalue weighted by molar-refractivity contribution is 5.78. The fourth-order valence-corrected chi connectivity index (χ4v) is 2.72. The first-order valence-corrected chi connectivity index (χ1v) is 7.75. The highest BCUT2D eigenvalue weighted by Crippen LogP contribution is 2.12. The molecule has 0 saturated carbocycles. The molecule has 0 aromatic rings. The van der Waals surface area contributed by atoms with E-state index in [1.165, 1.54) is 25.9 Å². The Balaban J connectivity index is 2.32.